The summed E-state index contributed by atoms with van der Waals surface area (Å²) in [7, 11) is 0. The van der Waals surface area contributed by atoms with Gasteiger partial charge in [-0.25, -0.2) is 5.43 Å². The van der Waals surface area contributed by atoms with Crippen LogP contribution in [-0.4, -0.2) is 24.1 Å². The van der Waals surface area contributed by atoms with E-state index in [1.807, 2.05) is 32.0 Å². The second kappa shape index (κ2) is 8.22. The van der Waals surface area contributed by atoms with Crippen molar-refractivity contribution in [2.24, 2.45) is 5.10 Å². The molecule has 0 atom stereocenters. The van der Waals surface area contributed by atoms with E-state index in [-0.39, 0.29) is 6.04 Å². The van der Waals surface area contributed by atoms with Crippen LogP contribution >= 0.6 is 11.6 Å². The summed E-state index contributed by atoms with van der Waals surface area (Å²) >= 11 is 6.09. The van der Waals surface area contributed by atoms with Crippen molar-refractivity contribution in [2.75, 3.05) is 5.32 Å². The third-order valence-electron chi connectivity index (χ3n) is 4.16. The fraction of sp³-hybridized carbons (Fsp3) is 0.250. The van der Waals surface area contributed by atoms with Crippen molar-refractivity contribution in [3.63, 3.8) is 0 Å². The van der Waals surface area contributed by atoms with Gasteiger partial charge in [-0.15, -0.1) is 0 Å². The quantitative estimate of drug-likeness (QED) is 0.419. The maximum atomic E-state index is 11.7. The van der Waals surface area contributed by atoms with Crippen molar-refractivity contribution in [2.45, 2.75) is 32.7 Å². The molecule has 0 unspecified atom stereocenters. The van der Waals surface area contributed by atoms with Gasteiger partial charge in [0.1, 0.15) is 0 Å². The molecular weight excluding hydrogens is 364 g/mol. The number of nitrogens with one attached hydrogen (secondary N) is 3. The summed E-state index contributed by atoms with van der Waals surface area (Å²) in [6.45, 7) is 4.04. The summed E-state index contributed by atoms with van der Waals surface area (Å²) in [4.78, 5) is 23.4. The minimum Gasteiger partial charge on any atom is -0.355 e. The molecule has 0 heterocycles. The van der Waals surface area contributed by atoms with Crippen LogP contribution in [0.1, 0.15) is 29.5 Å². The lowest BCUT2D eigenvalue weighted by Crippen LogP contribution is -2.38. The predicted molar refractivity (Wildman–Crippen MR) is 108 cm³/mol. The number of amides is 2. The van der Waals surface area contributed by atoms with Crippen LogP contribution in [0.3, 0.4) is 0 Å². The molecule has 0 aliphatic heterocycles. The van der Waals surface area contributed by atoms with Gasteiger partial charge >= 0.3 is 11.8 Å². The molecule has 0 bridgehead atoms. The zero-order chi connectivity index (χ0) is 19.4. The number of halogens is 1. The molecule has 1 fully saturated rings. The highest BCUT2D eigenvalue weighted by molar-refractivity contribution is 6.35. The molecule has 1 aliphatic carbocycles. The number of aryl methyl sites for hydroxylation is 2. The molecular formula is C20H21ClN4O2. The number of carbonyl (C=O) groups is 2. The Balaban J connectivity index is 1.72. The number of hydrogen-bond acceptors (Lipinski definition) is 4. The Hall–Kier alpha value is -2.86. The molecule has 1 aliphatic rings. The molecule has 2 aromatic rings. The van der Waals surface area contributed by atoms with Crippen molar-refractivity contribution in [3.05, 3.63) is 58.1 Å². The van der Waals surface area contributed by atoms with Gasteiger partial charge in [0.05, 0.1) is 6.21 Å². The van der Waals surface area contributed by atoms with E-state index in [1.165, 1.54) is 6.21 Å². The molecule has 6 nitrogen and oxygen atoms in total. The summed E-state index contributed by atoms with van der Waals surface area (Å²) in [5.74, 6) is -1.46. The van der Waals surface area contributed by atoms with E-state index in [0.29, 0.717) is 10.6 Å². The molecule has 3 rings (SSSR count). The van der Waals surface area contributed by atoms with Gasteiger partial charge in [0, 0.05) is 28.0 Å². The van der Waals surface area contributed by atoms with E-state index in [4.69, 9.17) is 11.6 Å². The van der Waals surface area contributed by atoms with Crippen LogP contribution in [0.4, 0.5) is 11.4 Å². The Morgan fingerprint density at radius 2 is 1.85 bits per heavy atom. The van der Waals surface area contributed by atoms with E-state index in [0.717, 1.165) is 35.3 Å². The van der Waals surface area contributed by atoms with Crippen LogP contribution < -0.4 is 16.1 Å². The number of benzene rings is 2. The summed E-state index contributed by atoms with van der Waals surface area (Å²) < 4.78 is 0. The number of hydrazone groups is 1. The summed E-state index contributed by atoms with van der Waals surface area (Å²) in [6.07, 6.45) is 3.29. The SMILES string of the molecule is Cc1ccc(C)c(Nc2ccc(Cl)cc2/C=N\NC(=O)C(=O)NC2CC2)c1. The maximum absolute atomic E-state index is 11.7. The zero-order valence-electron chi connectivity index (χ0n) is 15.2. The van der Waals surface area contributed by atoms with Gasteiger partial charge in [-0.2, -0.15) is 5.10 Å². The first-order chi connectivity index (χ1) is 12.9. The molecule has 0 saturated heterocycles. The zero-order valence-corrected chi connectivity index (χ0v) is 15.9. The average Bonchev–Trinajstić information content (AvgIpc) is 3.44. The highest BCUT2D eigenvalue weighted by Gasteiger charge is 2.26. The van der Waals surface area contributed by atoms with Gasteiger partial charge in [0.25, 0.3) is 0 Å². The first-order valence-corrected chi connectivity index (χ1v) is 9.08. The first kappa shape index (κ1) is 18.9. The first-order valence-electron chi connectivity index (χ1n) is 8.70. The molecule has 7 heteroatoms. The van der Waals surface area contributed by atoms with E-state index >= 15 is 0 Å². The lowest BCUT2D eigenvalue weighted by molar-refractivity contribution is -0.139. The normalized spacial score (nSPS) is 13.4. The summed E-state index contributed by atoms with van der Waals surface area (Å²) in [6, 6.07) is 11.6. The third-order valence-corrected chi connectivity index (χ3v) is 4.40. The lowest BCUT2D eigenvalue weighted by atomic mass is 10.1. The molecule has 3 N–H and O–H groups in total. The molecule has 140 valence electrons. The van der Waals surface area contributed by atoms with Crippen molar-refractivity contribution in [3.8, 4) is 0 Å². The lowest BCUT2D eigenvalue weighted by Gasteiger charge is -2.13. The molecule has 0 spiro atoms. The highest BCUT2D eigenvalue weighted by Crippen LogP contribution is 2.26. The Kier molecular flexibility index (Phi) is 5.76. The molecule has 2 aromatic carbocycles. The molecule has 2 amide bonds. The van der Waals surface area contributed by atoms with Crippen LogP contribution in [0.15, 0.2) is 41.5 Å². The number of nitrogens with zero attached hydrogens (tertiary/aromatic N) is 1. The summed E-state index contributed by atoms with van der Waals surface area (Å²) in [5.41, 5.74) is 6.93. The van der Waals surface area contributed by atoms with Crippen molar-refractivity contribution < 1.29 is 9.59 Å². The van der Waals surface area contributed by atoms with Crippen molar-refractivity contribution in [1.29, 1.82) is 0 Å². The largest absolute Gasteiger partial charge is 0.355 e. The van der Waals surface area contributed by atoms with Crippen LogP contribution in [0.5, 0.6) is 0 Å². The van der Waals surface area contributed by atoms with Gasteiger partial charge in [-0.1, -0.05) is 23.7 Å². The number of carbonyl (C=O) groups excluding carboxylic acids is 2. The molecule has 0 radical (unpaired) electrons. The average molecular weight is 385 g/mol. The van der Waals surface area contributed by atoms with E-state index in [9.17, 15) is 9.59 Å². The van der Waals surface area contributed by atoms with Crippen LogP contribution in [-0.2, 0) is 9.59 Å². The van der Waals surface area contributed by atoms with Gasteiger partial charge in [-0.3, -0.25) is 9.59 Å². The third kappa shape index (κ3) is 5.31. The second-order valence-electron chi connectivity index (χ2n) is 6.62. The van der Waals surface area contributed by atoms with E-state index in [2.05, 4.69) is 27.2 Å². The molecule has 1 saturated carbocycles. The van der Waals surface area contributed by atoms with Crippen LogP contribution in [0.25, 0.3) is 0 Å². The van der Waals surface area contributed by atoms with Gasteiger partial charge in [0.15, 0.2) is 0 Å². The maximum Gasteiger partial charge on any atom is 0.329 e. The van der Waals surface area contributed by atoms with E-state index in [1.54, 1.807) is 12.1 Å². The number of rotatable bonds is 5. The Bertz CT molecular complexity index is 907. The van der Waals surface area contributed by atoms with Gasteiger partial charge in [0.2, 0.25) is 0 Å². The van der Waals surface area contributed by atoms with Crippen LogP contribution in [0, 0.1) is 13.8 Å². The standard InChI is InChI=1S/C20H21ClN4O2/c1-12-3-4-13(2)18(9-12)24-17-8-5-15(21)10-14(17)11-22-25-20(27)19(26)23-16-6-7-16/h3-5,8-11,16,24H,6-7H2,1-2H3,(H,23,26)(H,25,27)/b22-11-. The minimum absolute atomic E-state index is 0.119. The molecule has 0 aromatic heterocycles. The summed E-state index contributed by atoms with van der Waals surface area (Å²) in [5, 5.41) is 10.4. The Morgan fingerprint density at radius 3 is 2.59 bits per heavy atom. The fourth-order valence-corrected chi connectivity index (χ4v) is 2.64. The van der Waals surface area contributed by atoms with E-state index < -0.39 is 11.8 Å². The number of anilines is 2. The van der Waals surface area contributed by atoms with Gasteiger partial charge < -0.3 is 10.6 Å². The predicted octanol–water partition coefficient (Wildman–Crippen LogP) is 3.43. The Morgan fingerprint density at radius 1 is 1.07 bits per heavy atom. The number of hydrogen-bond donors (Lipinski definition) is 3. The highest BCUT2D eigenvalue weighted by atomic mass is 35.5. The van der Waals surface area contributed by atoms with Crippen LogP contribution in [0.2, 0.25) is 5.02 Å². The monoisotopic (exact) mass is 384 g/mol. The Labute approximate surface area is 163 Å². The topological polar surface area (TPSA) is 82.6 Å². The smallest absolute Gasteiger partial charge is 0.329 e. The fourth-order valence-electron chi connectivity index (χ4n) is 2.46. The van der Waals surface area contributed by atoms with Crippen molar-refractivity contribution >= 4 is 41.0 Å². The minimum atomic E-state index is -0.788. The van der Waals surface area contributed by atoms with Gasteiger partial charge in [-0.05, 0) is 62.1 Å². The second-order valence-corrected chi connectivity index (χ2v) is 7.06. The molecule has 27 heavy (non-hydrogen) atoms. The van der Waals surface area contributed by atoms with Crippen molar-refractivity contribution in [1.82, 2.24) is 10.7 Å².